The molecular formula is C24H26N2O4S. The monoisotopic (exact) mass is 438 g/mol. The molecule has 0 saturated heterocycles. The molecule has 0 radical (unpaired) electrons. The van der Waals surface area contributed by atoms with Gasteiger partial charge in [-0.2, -0.15) is 0 Å². The van der Waals surface area contributed by atoms with Gasteiger partial charge in [0.1, 0.15) is 5.75 Å². The van der Waals surface area contributed by atoms with Crippen LogP contribution in [-0.4, -0.2) is 27.2 Å². The Morgan fingerprint density at radius 1 is 0.935 bits per heavy atom. The summed E-state index contributed by atoms with van der Waals surface area (Å²) in [5, 5.41) is 2.88. The first-order valence-electron chi connectivity index (χ1n) is 10.0. The molecule has 0 aliphatic heterocycles. The second-order valence-electron chi connectivity index (χ2n) is 7.02. The summed E-state index contributed by atoms with van der Waals surface area (Å²) in [6.07, 6.45) is 1.58. The van der Waals surface area contributed by atoms with Gasteiger partial charge in [0, 0.05) is 17.3 Å². The molecule has 0 fully saturated rings. The summed E-state index contributed by atoms with van der Waals surface area (Å²) in [6, 6.07) is 22.5. The van der Waals surface area contributed by atoms with Gasteiger partial charge < -0.3 is 10.1 Å². The summed E-state index contributed by atoms with van der Waals surface area (Å²) < 4.78 is 31.5. The minimum Gasteiger partial charge on any atom is -0.494 e. The molecule has 3 aromatic rings. The van der Waals surface area contributed by atoms with Gasteiger partial charge in [-0.3, -0.25) is 9.52 Å². The summed E-state index contributed by atoms with van der Waals surface area (Å²) in [6.45, 7) is 1.55. The predicted molar refractivity (Wildman–Crippen MR) is 124 cm³/mol. The van der Waals surface area contributed by atoms with E-state index in [1.54, 1.807) is 31.2 Å². The third kappa shape index (κ3) is 6.08. The van der Waals surface area contributed by atoms with E-state index in [0.717, 1.165) is 18.4 Å². The van der Waals surface area contributed by atoms with Crippen molar-refractivity contribution in [3.05, 3.63) is 89.5 Å². The zero-order valence-corrected chi connectivity index (χ0v) is 18.4. The summed E-state index contributed by atoms with van der Waals surface area (Å²) in [4.78, 5) is 12.9. The number of sulfonamides is 1. The van der Waals surface area contributed by atoms with Crippen LogP contribution >= 0.6 is 0 Å². The smallest absolute Gasteiger partial charge is 0.255 e. The van der Waals surface area contributed by atoms with Gasteiger partial charge in [0.15, 0.2) is 0 Å². The Kier molecular flexibility index (Phi) is 7.31. The van der Waals surface area contributed by atoms with Crippen LogP contribution in [-0.2, 0) is 22.9 Å². The van der Waals surface area contributed by atoms with E-state index >= 15 is 0 Å². The van der Waals surface area contributed by atoms with Crippen molar-refractivity contribution < 1.29 is 17.9 Å². The number of anilines is 2. The lowest BCUT2D eigenvalue weighted by atomic mass is 9.99. The molecule has 162 valence electrons. The van der Waals surface area contributed by atoms with Crippen LogP contribution in [0, 0.1) is 0 Å². The van der Waals surface area contributed by atoms with Gasteiger partial charge >= 0.3 is 0 Å². The SMILES string of the molecule is CCS(=O)(=O)Nc1ccc(NC(=O)c2ccccc2CCc2ccccc2)cc1OC. The first-order chi connectivity index (χ1) is 14.9. The largest absolute Gasteiger partial charge is 0.494 e. The zero-order valence-electron chi connectivity index (χ0n) is 17.6. The van der Waals surface area contributed by atoms with E-state index in [9.17, 15) is 13.2 Å². The maximum atomic E-state index is 12.9. The van der Waals surface area contributed by atoms with E-state index in [4.69, 9.17) is 4.74 Å². The lowest BCUT2D eigenvalue weighted by molar-refractivity contribution is 0.102. The average molecular weight is 439 g/mol. The molecule has 2 N–H and O–H groups in total. The number of methoxy groups -OCH3 is 1. The Morgan fingerprint density at radius 2 is 1.65 bits per heavy atom. The number of benzene rings is 3. The standard InChI is InChI=1S/C24H26N2O4S/c1-3-31(28,29)26-22-16-15-20(17-23(22)30-2)25-24(27)21-12-8-7-11-19(21)14-13-18-9-5-4-6-10-18/h4-12,15-17,26H,3,13-14H2,1-2H3,(H,25,27). The maximum absolute atomic E-state index is 12.9. The molecule has 0 heterocycles. The molecule has 0 unspecified atom stereocenters. The van der Waals surface area contributed by atoms with E-state index in [-0.39, 0.29) is 11.7 Å². The van der Waals surface area contributed by atoms with E-state index in [1.807, 2.05) is 36.4 Å². The molecule has 0 aliphatic carbocycles. The number of nitrogens with one attached hydrogen (secondary N) is 2. The molecule has 0 bridgehead atoms. The Bertz CT molecular complexity index is 1150. The van der Waals surface area contributed by atoms with Crippen LogP contribution < -0.4 is 14.8 Å². The van der Waals surface area contributed by atoms with Crippen molar-refractivity contribution in [1.82, 2.24) is 0 Å². The fourth-order valence-corrected chi connectivity index (χ4v) is 3.82. The van der Waals surface area contributed by atoms with Gasteiger partial charge in [0.2, 0.25) is 10.0 Å². The van der Waals surface area contributed by atoms with Crippen LogP contribution in [0.5, 0.6) is 5.75 Å². The van der Waals surface area contributed by atoms with Gasteiger partial charge in [0.05, 0.1) is 18.6 Å². The number of hydrogen-bond donors (Lipinski definition) is 2. The van der Waals surface area contributed by atoms with Crippen LogP contribution in [0.2, 0.25) is 0 Å². The fourth-order valence-electron chi connectivity index (χ4n) is 3.17. The summed E-state index contributed by atoms with van der Waals surface area (Å²) >= 11 is 0. The minimum absolute atomic E-state index is 0.0472. The predicted octanol–water partition coefficient (Wildman–Crippen LogP) is 4.49. The number of aryl methyl sites for hydroxylation is 2. The zero-order chi connectivity index (χ0) is 22.3. The number of rotatable bonds is 9. The Balaban J connectivity index is 1.76. The number of amides is 1. The highest BCUT2D eigenvalue weighted by Gasteiger charge is 2.15. The maximum Gasteiger partial charge on any atom is 0.255 e. The second-order valence-corrected chi connectivity index (χ2v) is 9.03. The molecule has 0 spiro atoms. The molecule has 7 heteroatoms. The van der Waals surface area contributed by atoms with Crippen molar-refractivity contribution in [2.75, 3.05) is 22.9 Å². The fraction of sp³-hybridized carbons (Fsp3) is 0.208. The van der Waals surface area contributed by atoms with Gasteiger partial charge in [-0.15, -0.1) is 0 Å². The summed E-state index contributed by atoms with van der Waals surface area (Å²) in [7, 11) is -1.99. The van der Waals surface area contributed by atoms with Gasteiger partial charge in [-0.05, 0) is 49.1 Å². The van der Waals surface area contributed by atoms with Crippen molar-refractivity contribution >= 4 is 27.3 Å². The molecule has 0 aliphatic rings. The van der Waals surface area contributed by atoms with Gasteiger partial charge in [0.25, 0.3) is 5.91 Å². The van der Waals surface area contributed by atoms with Crippen molar-refractivity contribution in [2.24, 2.45) is 0 Å². The Hall–Kier alpha value is -3.32. The van der Waals surface area contributed by atoms with E-state index in [2.05, 4.69) is 22.2 Å². The van der Waals surface area contributed by atoms with Crippen LogP contribution in [0.15, 0.2) is 72.8 Å². The normalized spacial score (nSPS) is 11.0. The highest BCUT2D eigenvalue weighted by atomic mass is 32.2. The molecule has 0 saturated carbocycles. The molecule has 0 aromatic heterocycles. The number of ether oxygens (including phenoxy) is 1. The second kappa shape index (κ2) is 10.1. The van der Waals surface area contributed by atoms with Crippen molar-refractivity contribution in [3.8, 4) is 5.75 Å². The third-order valence-corrected chi connectivity index (χ3v) is 6.18. The molecule has 3 rings (SSSR count). The van der Waals surface area contributed by atoms with Gasteiger partial charge in [-0.1, -0.05) is 48.5 Å². The van der Waals surface area contributed by atoms with E-state index < -0.39 is 10.0 Å². The summed E-state index contributed by atoms with van der Waals surface area (Å²) in [5.74, 6) is 0.0498. The van der Waals surface area contributed by atoms with Crippen molar-refractivity contribution in [2.45, 2.75) is 19.8 Å². The van der Waals surface area contributed by atoms with Crippen LogP contribution in [0.1, 0.15) is 28.4 Å². The summed E-state index contributed by atoms with van der Waals surface area (Å²) in [5.41, 5.74) is 3.62. The molecule has 6 nitrogen and oxygen atoms in total. The van der Waals surface area contributed by atoms with Crippen molar-refractivity contribution in [1.29, 1.82) is 0 Å². The van der Waals surface area contributed by atoms with Crippen LogP contribution in [0.3, 0.4) is 0 Å². The van der Waals surface area contributed by atoms with Crippen molar-refractivity contribution in [3.63, 3.8) is 0 Å². The number of hydrogen-bond acceptors (Lipinski definition) is 4. The third-order valence-electron chi connectivity index (χ3n) is 4.89. The molecule has 0 atom stereocenters. The van der Waals surface area contributed by atoms with Crippen LogP contribution in [0.4, 0.5) is 11.4 Å². The first kappa shape index (κ1) is 22.4. The minimum atomic E-state index is -3.44. The molecular weight excluding hydrogens is 412 g/mol. The first-order valence-corrected chi connectivity index (χ1v) is 11.7. The lowest BCUT2D eigenvalue weighted by Crippen LogP contribution is -2.16. The van der Waals surface area contributed by atoms with Crippen LogP contribution in [0.25, 0.3) is 0 Å². The average Bonchev–Trinajstić information content (AvgIpc) is 2.79. The lowest BCUT2D eigenvalue weighted by Gasteiger charge is -2.14. The highest BCUT2D eigenvalue weighted by molar-refractivity contribution is 7.92. The number of carbonyl (C=O) groups is 1. The molecule has 31 heavy (non-hydrogen) atoms. The Labute approximate surface area is 183 Å². The van der Waals surface area contributed by atoms with Gasteiger partial charge in [-0.25, -0.2) is 8.42 Å². The molecule has 1 amide bonds. The highest BCUT2D eigenvalue weighted by Crippen LogP contribution is 2.29. The topological polar surface area (TPSA) is 84.5 Å². The van der Waals surface area contributed by atoms with E-state index in [0.29, 0.717) is 22.7 Å². The Morgan fingerprint density at radius 3 is 2.35 bits per heavy atom. The quantitative estimate of drug-likeness (QED) is 0.515. The van der Waals surface area contributed by atoms with E-state index in [1.165, 1.54) is 12.7 Å². The number of carbonyl (C=O) groups excluding carboxylic acids is 1. The molecule has 3 aromatic carbocycles.